The largest absolute Gasteiger partial charge is 0.492 e. The van der Waals surface area contributed by atoms with Crippen LogP contribution in [0.3, 0.4) is 0 Å². The zero-order chi connectivity index (χ0) is 23.3. The lowest BCUT2D eigenvalue weighted by molar-refractivity contribution is -0.137. The molecular formula is C27H27NO5. The van der Waals surface area contributed by atoms with Gasteiger partial charge in [0.15, 0.2) is 0 Å². The van der Waals surface area contributed by atoms with Crippen LogP contribution < -0.4 is 15.0 Å². The number of hydrogen-bond acceptors (Lipinski definition) is 4. The number of aromatic nitrogens is 1. The van der Waals surface area contributed by atoms with Gasteiger partial charge in [0.25, 0.3) is 5.56 Å². The number of hydrogen-bond donors (Lipinski definition) is 1. The number of benzene rings is 2. The zero-order valence-corrected chi connectivity index (χ0v) is 19.1. The van der Waals surface area contributed by atoms with Gasteiger partial charge in [0.1, 0.15) is 17.6 Å². The Bertz CT molecular complexity index is 1320. The highest BCUT2D eigenvalue weighted by Crippen LogP contribution is 2.43. The maximum absolute atomic E-state index is 12.6. The van der Waals surface area contributed by atoms with Gasteiger partial charge in [-0.15, -0.1) is 0 Å². The number of aliphatic carboxylic acids is 1. The SMILES string of the molecule is Cc1cn(C)c(=O)c(C)c1-c1cccc2c1CCC2Oc1ccc2c(c1)OCC2CC(=O)O. The summed E-state index contributed by atoms with van der Waals surface area (Å²) in [6.45, 7) is 4.33. The molecule has 0 amide bonds. The first-order valence-corrected chi connectivity index (χ1v) is 11.3. The van der Waals surface area contributed by atoms with Crippen LogP contribution in [0.1, 0.15) is 52.7 Å². The molecule has 0 saturated carbocycles. The molecule has 1 aromatic heterocycles. The maximum Gasteiger partial charge on any atom is 0.304 e. The van der Waals surface area contributed by atoms with E-state index < -0.39 is 5.97 Å². The molecule has 6 heteroatoms. The van der Waals surface area contributed by atoms with Crippen molar-refractivity contribution in [3.8, 4) is 22.6 Å². The van der Waals surface area contributed by atoms with Crippen LogP contribution in [0.5, 0.6) is 11.5 Å². The topological polar surface area (TPSA) is 77.8 Å². The standard InChI is InChI=1S/C27H27NO5/c1-15-13-28(3)27(31)16(2)26(15)22-6-4-5-21-20(22)9-10-23(21)33-18-7-8-19-17(11-25(29)30)14-32-24(19)12-18/h4-8,12-13,17,23H,9-11,14H2,1-3H3,(H,29,30). The summed E-state index contributed by atoms with van der Waals surface area (Å²) in [7, 11) is 1.79. The van der Waals surface area contributed by atoms with Crippen molar-refractivity contribution in [1.82, 2.24) is 4.57 Å². The quantitative estimate of drug-likeness (QED) is 0.617. The van der Waals surface area contributed by atoms with E-state index in [1.54, 1.807) is 11.6 Å². The van der Waals surface area contributed by atoms with Crippen LogP contribution in [-0.4, -0.2) is 22.2 Å². The lowest BCUT2D eigenvalue weighted by atomic mass is 9.92. The van der Waals surface area contributed by atoms with Crippen LogP contribution >= 0.6 is 0 Å². The van der Waals surface area contributed by atoms with E-state index in [4.69, 9.17) is 14.6 Å². The maximum atomic E-state index is 12.6. The predicted molar refractivity (Wildman–Crippen MR) is 125 cm³/mol. The van der Waals surface area contributed by atoms with E-state index >= 15 is 0 Å². The molecule has 1 N–H and O–H groups in total. The third-order valence-corrected chi connectivity index (χ3v) is 6.85. The summed E-state index contributed by atoms with van der Waals surface area (Å²) in [5.41, 5.74) is 7.32. The number of ether oxygens (including phenoxy) is 2. The van der Waals surface area contributed by atoms with E-state index in [1.165, 1.54) is 5.56 Å². The molecule has 170 valence electrons. The normalized spacial score (nSPS) is 18.5. The van der Waals surface area contributed by atoms with Crippen LogP contribution in [0.2, 0.25) is 0 Å². The highest BCUT2D eigenvalue weighted by molar-refractivity contribution is 5.75. The highest BCUT2D eigenvalue weighted by Gasteiger charge is 2.30. The number of carboxylic acid groups (broad SMARTS) is 1. The van der Waals surface area contributed by atoms with Crippen molar-refractivity contribution in [2.75, 3.05) is 6.61 Å². The Morgan fingerprint density at radius 2 is 2.03 bits per heavy atom. The van der Waals surface area contributed by atoms with Gasteiger partial charge in [0.05, 0.1) is 13.0 Å². The van der Waals surface area contributed by atoms with Gasteiger partial charge in [-0.05, 0) is 60.6 Å². The molecule has 2 unspecified atom stereocenters. The number of pyridine rings is 1. The van der Waals surface area contributed by atoms with E-state index in [9.17, 15) is 9.59 Å². The number of fused-ring (bicyclic) bond motifs is 2. The van der Waals surface area contributed by atoms with E-state index in [0.717, 1.165) is 46.2 Å². The van der Waals surface area contributed by atoms with Crippen molar-refractivity contribution >= 4 is 5.97 Å². The van der Waals surface area contributed by atoms with E-state index in [2.05, 4.69) is 12.1 Å². The molecule has 33 heavy (non-hydrogen) atoms. The molecule has 1 aliphatic heterocycles. The van der Waals surface area contributed by atoms with Crippen LogP contribution in [0, 0.1) is 13.8 Å². The Kier molecular flexibility index (Phi) is 5.23. The van der Waals surface area contributed by atoms with Crippen molar-refractivity contribution in [1.29, 1.82) is 0 Å². The number of nitrogens with zero attached hydrogens (tertiary/aromatic N) is 1. The molecule has 2 heterocycles. The molecule has 1 aliphatic carbocycles. The second kappa shape index (κ2) is 8.10. The average molecular weight is 446 g/mol. The molecule has 3 aromatic rings. The second-order valence-electron chi connectivity index (χ2n) is 9.05. The second-order valence-corrected chi connectivity index (χ2v) is 9.05. The van der Waals surface area contributed by atoms with Gasteiger partial charge in [-0.1, -0.05) is 24.3 Å². The molecule has 0 fully saturated rings. The summed E-state index contributed by atoms with van der Waals surface area (Å²) >= 11 is 0. The molecule has 0 bridgehead atoms. The lowest BCUT2D eigenvalue weighted by Gasteiger charge is -2.18. The zero-order valence-electron chi connectivity index (χ0n) is 19.1. The van der Waals surface area contributed by atoms with Gasteiger partial charge in [0, 0.05) is 36.4 Å². The Balaban J connectivity index is 1.44. The summed E-state index contributed by atoms with van der Waals surface area (Å²) in [6, 6.07) is 11.9. The van der Waals surface area contributed by atoms with Crippen molar-refractivity contribution in [2.24, 2.45) is 7.05 Å². The van der Waals surface area contributed by atoms with Gasteiger partial charge in [-0.3, -0.25) is 9.59 Å². The van der Waals surface area contributed by atoms with E-state index in [1.807, 2.05) is 44.3 Å². The molecule has 0 spiro atoms. The minimum Gasteiger partial charge on any atom is -0.492 e. The summed E-state index contributed by atoms with van der Waals surface area (Å²) in [5.74, 6) is 0.481. The van der Waals surface area contributed by atoms with Crippen LogP contribution in [0.15, 0.2) is 47.4 Å². The van der Waals surface area contributed by atoms with Crippen molar-refractivity contribution in [2.45, 2.75) is 45.1 Å². The van der Waals surface area contributed by atoms with Crippen LogP contribution in [-0.2, 0) is 18.3 Å². The van der Waals surface area contributed by atoms with Gasteiger partial charge in [-0.25, -0.2) is 0 Å². The summed E-state index contributed by atoms with van der Waals surface area (Å²) < 4.78 is 13.8. The first-order valence-electron chi connectivity index (χ1n) is 11.3. The third kappa shape index (κ3) is 3.69. The lowest BCUT2D eigenvalue weighted by Crippen LogP contribution is -2.20. The van der Waals surface area contributed by atoms with Gasteiger partial charge in [0.2, 0.25) is 0 Å². The Labute approximate surface area is 192 Å². The van der Waals surface area contributed by atoms with E-state index in [0.29, 0.717) is 18.1 Å². The van der Waals surface area contributed by atoms with Crippen molar-refractivity contribution in [3.63, 3.8) is 0 Å². The fourth-order valence-corrected chi connectivity index (χ4v) is 5.34. The molecule has 5 rings (SSSR count). The Hall–Kier alpha value is -3.54. The number of rotatable bonds is 5. The first-order chi connectivity index (χ1) is 15.8. The molecule has 6 nitrogen and oxygen atoms in total. The Morgan fingerprint density at radius 1 is 1.21 bits per heavy atom. The molecule has 2 aromatic carbocycles. The number of carbonyl (C=O) groups is 1. The smallest absolute Gasteiger partial charge is 0.304 e. The number of carboxylic acids is 1. The average Bonchev–Trinajstić information content (AvgIpc) is 3.36. The fourth-order valence-electron chi connectivity index (χ4n) is 5.34. The monoisotopic (exact) mass is 445 g/mol. The number of aryl methyl sites for hydroxylation is 2. The van der Waals surface area contributed by atoms with Crippen molar-refractivity contribution in [3.05, 3.63) is 80.8 Å². The highest BCUT2D eigenvalue weighted by atomic mass is 16.5. The van der Waals surface area contributed by atoms with Gasteiger partial charge >= 0.3 is 5.97 Å². The summed E-state index contributed by atoms with van der Waals surface area (Å²) in [4.78, 5) is 23.7. The minimum atomic E-state index is -0.822. The minimum absolute atomic E-state index is 0.0262. The predicted octanol–water partition coefficient (Wildman–Crippen LogP) is 4.69. The van der Waals surface area contributed by atoms with Crippen molar-refractivity contribution < 1.29 is 19.4 Å². The fraction of sp³-hybridized carbons (Fsp3) is 0.333. The van der Waals surface area contributed by atoms with Gasteiger partial charge in [-0.2, -0.15) is 0 Å². The van der Waals surface area contributed by atoms with E-state index in [-0.39, 0.29) is 24.0 Å². The molecule has 0 radical (unpaired) electrons. The third-order valence-electron chi connectivity index (χ3n) is 6.85. The molecule has 0 saturated heterocycles. The molecule has 2 aliphatic rings. The summed E-state index contributed by atoms with van der Waals surface area (Å²) in [6.07, 6.45) is 3.62. The molecule has 2 atom stereocenters. The van der Waals surface area contributed by atoms with Crippen LogP contribution in [0.4, 0.5) is 0 Å². The first kappa shape index (κ1) is 21.3. The van der Waals surface area contributed by atoms with Crippen LogP contribution in [0.25, 0.3) is 11.1 Å². The summed E-state index contributed by atoms with van der Waals surface area (Å²) in [5, 5.41) is 9.11. The molecular weight excluding hydrogens is 418 g/mol. The Morgan fingerprint density at radius 3 is 2.82 bits per heavy atom. The van der Waals surface area contributed by atoms with Gasteiger partial charge < -0.3 is 19.1 Å².